The number of nitrogens with zero attached hydrogens (tertiary/aromatic N) is 2. The highest BCUT2D eigenvalue weighted by Crippen LogP contribution is 2.60. The molecule has 0 amide bonds. The van der Waals surface area contributed by atoms with Gasteiger partial charge in [-0.15, -0.1) is 0 Å². The summed E-state index contributed by atoms with van der Waals surface area (Å²) in [5.41, 5.74) is 3.13. The molecule has 2 aromatic carbocycles. The number of ether oxygens (including phenoxy) is 1. The number of aliphatic hydroxyl groups is 1. The summed E-state index contributed by atoms with van der Waals surface area (Å²) in [7, 11) is 0. The van der Waals surface area contributed by atoms with Crippen LogP contribution >= 0.6 is 11.6 Å². The van der Waals surface area contributed by atoms with E-state index in [9.17, 15) is 5.11 Å². The van der Waals surface area contributed by atoms with E-state index >= 15 is 0 Å². The third-order valence-electron chi connectivity index (χ3n) is 8.96. The molecule has 0 radical (unpaired) electrons. The Morgan fingerprint density at radius 1 is 0.912 bits per heavy atom. The van der Waals surface area contributed by atoms with Gasteiger partial charge in [-0.25, -0.2) is 0 Å². The summed E-state index contributed by atoms with van der Waals surface area (Å²) >= 11 is 6.14. The summed E-state index contributed by atoms with van der Waals surface area (Å²) in [6.07, 6.45) is 8.13. The van der Waals surface area contributed by atoms with Crippen LogP contribution < -0.4 is 9.64 Å². The zero-order chi connectivity index (χ0) is 23.1. The van der Waals surface area contributed by atoms with Crippen LogP contribution in [0.5, 0.6) is 5.75 Å². The summed E-state index contributed by atoms with van der Waals surface area (Å²) in [5.74, 6) is 3.76. The molecule has 7 rings (SSSR count). The normalized spacial score (nSPS) is 31.6. The number of aliphatic hydroxyl groups excluding tert-OH is 1. The Kier molecular flexibility index (Phi) is 6.25. The molecule has 1 unspecified atom stereocenters. The van der Waals surface area contributed by atoms with Crippen LogP contribution in [0.15, 0.2) is 48.5 Å². The van der Waals surface area contributed by atoms with Crippen molar-refractivity contribution in [2.45, 2.75) is 50.0 Å². The van der Waals surface area contributed by atoms with E-state index in [1.165, 1.54) is 49.8 Å². The van der Waals surface area contributed by atoms with Crippen LogP contribution in [0.1, 0.15) is 44.1 Å². The maximum absolute atomic E-state index is 10.6. The van der Waals surface area contributed by atoms with E-state index in [1.54, 1.807) is 0 Å². The van der Waals surface area contributed by atoms with E-state index in [-0.39, 0.29) is 0 Å². The first-order valence-electron chi connectivity index (χ1n) is 13.2. The number of piperazine rings is 1. The van der Waals surface area contributed by atoms with Gasteiger partial charge in [0.2, 0.25) is 0 Å². The Balaban J connectivity index is 0.977. The van der Waals surface area contributed by atoms with Gasteiger partial charge in [-0.3, -0.25) is 4.90 Å². The molecular formula is C29H37ClN2O2. The maximum Gasteiger partial charge on any atom is 0.119 e. The van der Waals surface area contributed by atoms with Crippen molar-refractivity contribution in [3.05, 3.63) is 59.1 Å². The van der Waals surface area contributed by atoms with Gasteiger partial charge in [0.1, 0.15) is 18.5 Å². The molecule has 4 nitrogen and oxygen atoms in total. The fourth-order valence-electron chi connectivity index (χ4n) is 7.77. The lowest BCUT2D eigenvalue weighted by Gasteiger charge is -2.57. The molecule has 0 aromatic heterocycles. The number of halogens is 1. The molecule has 1 aliphatic heterocycles. The fourth-order valence-corrected chi connectivity index (χ4v) is 7.96. The number of anilines is 1. The first-order valence-corrected chi connectivity index (χ1v) is 13.6. The van der Waals surface area contributed by atoms with Gasteiger partial charge in [-0.1, -0.05) is 29.8 Å². The summed E-state index contributed by atoms with van der Waals surface area (Å²) in [6, 6.07) is 16.9. The lowest BCUT2D eigenvalue weighted by molar-refractivity contribution is -0.00522. The molecule has 182 valence electrons. The van der Waals surface area contributed by atoms with Crippen molar-refractivity contribution in [2.24, 2.45) is 17.8 Å². The second-order valence-corrected chi connectivity index (χ2v) is 11.9. The monoisotopic (exact) mass is 480 g/mol. The smallest absolute Gasteiger partial charge is 0.119 e. The van der Waals surface area contributed by atoms with Crippen molar-refractivity contribution >= 4 is 17.3 Å². The molecule has 4 bridgehead atoms. The number of hydrogen-bond donors (Lipinski definition) is 1. The van der Waals surface area contributed by atoms with Gasteiger partial charge in [0.15, 0.2) is 0 Å². The highest BCUT2D eigenvalue weighted by Gasteiger charge is 2.51. The van der Waals surface area contributed by atoms with Crippen molar-refractivity contribution in [1.29, 1.82) is 0 Å². The van der Waals surface area contributed by atoms with Crippen LogP contribution in [0.3, 0.4) is 0 Å². The van der Waals surface area contributed by atoms with E-state index in [0.29, 0.717) is 18.6 Å². The van der Waals surface area contributed by atoms with Crippen molar-refractivity contribution in [3.8, 4) is 5.75 Å². The highest BCUT2D eigenvalue weighted by molar-refractivity contribution is 6.30. The number of rotatable bonds is 7. The lowest BCUT2D eigenvalue weighted by atomic mass is 9.48. The largest absolute Gasteiger partial charge is 0.491 e. The van der Waals surface area contributed by atoms with Crippen LogP contribution in [-0.4, -0.2) is 55.4 Å². The van der Waals surface area contributed by atoms with Crippen LogP contribution in [0.25, 0.3) is 0 Å². The van der Waals surface area contributed by atoms with Crippen LogP contribution in [0.2, 0.25) is 5.02 Å². The second-order valence-electron chi connectivity index (χ2n) is 11.5. The van der Waals surface area contributed by atoms with Crippen LogP contribution in [0.4, 0.5) is 5.69 Å². The molecule has 1 heterocycles. The summed E-state index contributed by atoms with van der Waals surface area (Å²) in [4.78, 5) is 4.68. The quantitative estimate of drug-likeness (QED) is 0.578. The highest BCUT2D eigenvalue weighted by atomic mass is 35.5. The van der Waals surface area contributed by atoms with Crippen molar-refractivity contribution in [2.75, 3.05) is 44.2 Å². The third-order valence-corrected chi connectivity index (χ3v) is 9.20. The van der Waals surface area contributed by atoms with E-state index in [4.69, 9.17) is 16.3 Å². The lowest BCUT2D eigenvalue weighted by Crippen LogP contribution is -2.49. The minimum Gasteiger partial charge on any atom is -0.491 e. The number of β-amino-alcohol motifs (C(OH)–C–C–N with tert-alkyl or cyclic N) is 1. The van der Waals surface area contributed by atoms with Gasteiger partial charge in [-0.2, -0.15) is 0 Å². The molecule has 0 spiro atoms. The minimum atomic E-state index is -0.486. The predicted octanol–water partition coefficient (Wildman–Crippen LogP) is 5.37. The van der Waals surface area contributed by atoms with E-state index in [2.05, 4.69) is 40.1 Å². The molecule has 4 saturated carbocycles. The van der Waals surface area contributed by atoms with Gasteiger partial charge in [0.05, 0.1) is 0 Å². The van der Waals surface area contributed by atoms with Crippen LogP contribution in [0, 0.1) is 17.8 Å². The third kappa shape index (κ3) is 4.69. The van der Waals surface area contributed by atoms with Crippen molar-refractivity contribution < 1.29 is 9.84 Å². The average Bonchev–Trinajstić information content (AvgIpc) is 2.83. The van der Waals surface area contributed by atoms with Crippen molar-refractivity contribution in [3.63, 3.8) is 0 Å². The molecule has 2 aromatic rings. The standard InChI is InChI=1S/C29H37ClN2O2/c30-25-2-1-3-26(15-25)32-10-8-31(9-11-32)19-27(33)20-34-28-6-4-24(5-7-28)29-16-21-12-22(17-29)14-23(13-21)18-29/h1-7,15,21-23,27,33H,8-14,16-20H2. The topological polar surface area (TPSA) is 35.9 Å². The minimum absolute atomic E-state index is 0.339. The summed E-state index contributed by atoms with van der Waals surface area (Å²) in [6.45, 7) is 4.74. The molecule has 1 atom stereocenters. The molecular weight excluding hydrogens is 444 g/mol. The fraction of sp³-hybridized carbons (Fsp3) is 0.586. The average molecular weight is 481 g/mol. The van der Waals surface area contributed by atoms with Crippen LogP contribution in [-0.2, 0) is 5.41 Å². The number of benzene rings is 2. The van der Waals surface area contributed by atoms with E-state index < -0.39 is 6.10 Å². The van der Waals surface area contributed by atoms with Gasteiger partial charge in [0.25, 0.3) is 0 Å². The predicted molar refractivity (Wildman–Crippen MR) is 138 cm³/mol. The molecule has 5 fully saturated rings. The SMILES string of the molecule is OC(COc1ccc(C23CC4CC(CC(C4)C2)C3)cc1)CN1CCN(c2cccc(Cl)c2)CC1. The van der Waals surface area contributed by atoms with Gasteiger partial charge in [-0.05, 0) is 97.6 Å². The molecule has 5 aliphatic rings. The summed E-state index contributed by atoms with van der Waals surface area (Å²) < 4.78 is 5.99. The molecule has 1 N–H and O–H groups in total. The van der Waals surface area contributed by atoms with E-state index in [1.807, 2.05) is 18.2 Å². The first kappa shape index (κ1) is 22.7. The zero-order valence-corrected chi connectivity index (χ0v) is 20.8. The van der Waals surface area contributed by atoms with Gasteiger partial charge < -0.3 is 14.7 Å². The van der Waals surface area contributed by atoms with Gasteiger partial charge >= 0.3 is 0 Å². The first-order chi connectivity index (χ1) is 16.5. The molecule has 34 heavy (non-hydrogen) atoms. The second kappa shape index (κ2) is 9.37. The Morgan fingerprint density at radius 2 is 1.56 bits per heavy atom. The maximum atomic E-state index is 10.6. The van der Waals surface area contributed by atoms with E-state index in [0.717, 1.165) is 54.7 Å². The molecule has 4 aliphatic carbocycles. The molecule has 5 heteroatoms. The Bertz CT molecular complexity index is 951. The Morgan fingerprint density at radius 3 is 2.18 bits per heavy atom. The number of hydrogen-bond acceptors (Lipinski definition) is 4. The Hall–Kier alpha value is -1.75. The van der Waals surface area contributed by atoms with Crippen molar-refractivity contribution in [1.82, 2.24) is 4.90 Å². The zero-order valence-electron chi connectivity index (χ0n) is 20.0. The Labute approximate surface area is 208 Å². The van der Waals surface area contributed by atoms with Gasteiger partial charge in [0, 0.05) is 43.4 Å². The summed E-state index contributed by atoms with van der Waals surface area (Å²) in [5, 5.41) is 11.4. The molecule has 1 saturated heterocycles.